The van der Waals surface area contributed by atoms with Crippen molar-refractivity contribution in [3.05, 3.63) is 71.9 Å². The highest BCUT2D eigenvalue weighted by Gasteiger charge is 2.34. The second kappa shape index (κ2) is 6.68. The average molecular weight is 349 g/mol. The van der Waals surface area contributed by atoms with Gasteiger partial charge in [-0.15, -0.1) is 0 Å². The summed E-state index contributed by atoms with van der Waals surface area (Å²) in [6, 6.07) is 11.2. The van der Waals surface area contributed by atoms with Crippen LogP contribution in [0.1, 0.15) is 34.3 Å². The molecule has 0 spiro atoms. The lowest BCUT2D eigenvalue weighted by atomic mass is 9.79. The molecule has 3 aromatic rings. The van der Waals surface area contributed by atoms with E-state index in [0.29, 0.717) is 17.8 Å². The van der Waals surface area contributed by atoms with Crippen LogP contribution in [0.4, 0.5) is 0 Å². The van der Waals surface area contributed by atoms with Gasteiger partial charge >= 0.3 is 0 Å². The number of fused-ring (bicyclic) bond motifs is 1. The molecule has 0 fully saturated rings. The summed E-state index contributed by atoms with van der Waals surface area (Å²) >= 11 is 0. The SMILES string of the molecule is O=C(NCC1(O)CCCc2ccccc21)c1ccnc(-n2cncn2)c1. The lowest BCUT2D eigenvalue weighted by Gasteiger charge is -2.34. The Morgan fingerprint density at radius 2 is 2.19 bits per heavy atom. The number of amides is 1. The quantitative estimate of drug-likeness (QED) is 0.747. The molecule has 0 saturated heterocycles. The molecule has 1 unspecified atom stereocenters. The highest BCUT2D eigenvalue weighted by molar-refractivity contribution is 5.94. The highest BCUT2D eigenvalue weighted by atomic mass is 16.3. The summed E-state index contributed by atoms with van der Waals surface area (Å²) in [5.41, 5.74) is 1.47. The van der Waals surface area contributed by atoms with Gasteiger partial charge in [0.15, 0.2) is 5.82 Å². The van der Waals surface area contributed by atoms with Gasteiger partial charge in [-0.2, -0.15) is 5.10 Å². The third-order valence-electron chi connectivity index (χ3n) is 4.76. The zero-order valence-corrected chi connectivity index (χ0v) is 14.2. The molecule has 7 heteroatoms. The topological polar surface area (TPSA) is 92.9 Å². The third kappa shape index (κ3) is 3.09. The molecule has 132 valence electrons. The first-order valence-corrected chi connectivity index (χ1v) is 8.56. The molecular weight excluding hydrogens is 330 g/mol. The van der Waals surface area contributed by atoms with Gasteiger partial charge in [-0.1, -0.05) is 24.3 Å². The standard InChI is InChI=1S/C19H19N5O2/c25-18(15-7-9-21-17(10-15)24-13-20-12-23-24)22-11-19(26)8-3-5-14-4-1-2-6-16(14)19/h1-2,4,6-7,9-10,12-13,26H,3,5,8,11H2,(H,22,25). The number of hydrogen-bond donors (Lipinski definition) is 2. The Balaban J connectivity index is 1.51. The van der Waals surface area contributed by atoms with E-state index in [-0.39, 0.29) is 12.5 Å². The van der Waals surface area contributed by atoms with Crippen molar-refractivity contribution < 1.29 is 9.90 Å². The number of aromatic nitrogens is 4. The lowest BCUT2D eigenvalue weighted by molar-refractivity contribution is 0.0189. The molecule has 0 saturated carbocycles. The van der Waals surface area contributed by atoms with Crippen LogP contribution in [0.25, 0.3) is 5.82 Å². The molecule has 1 aliphatic carbocycles. The number of benzene rings is 1. The largest absolute Gasteiger partial charge is 0.383 e. The van der Waals surface area contributed by atoms with Crippen LogP contribution >= 0.6 is 0 Å². The van der Waals surface area contributed by atoms with E-state index in [4.69, 9.17) is 0 Å². The van der Waals surface area contributed by atoms with E-state index < -0.39 is 5.60 Å². The Morgan fingerprint density at radius 1 is 1.31 bits per heavy atom. The molecule has 7 nitrogen and oxygen atoms in total. The minimum absolute atomic E-state index is 0.170. The van der Waals surface area contributed by atoms with Crippen molar-refractivity contribution in [1.29, 1.82) is 0 Å². The Labute approximate surface area is 150 Å². The summed E-state index contributed by atoms with van der Waals surface area (Å²) in [4.78, 5) is 20.6. The van der Waals surface area contributed by atoms with E-state index in [1.165, 1.54) is 17.3 Å². The molecule has 4 rings (SSSR count). The zero-order valence-electron chi connectivity index (χ0n) is 14.2. The maximum Gasteiger partial charge on any atom is 0.251 e. The molecule has 0 radical (unpaired) electrons. The van der Waals surface area contributed by atoms with Gasteiger partial charge in [-0.3, -0.25) is 4.79 Å². The number of carbonyl (C=O) groups is 1. The van der Waals surface area contributed by atoms with Gasteiger partial charge in [0.05, 0.1) is 6.54 Å². The summed E-state index contributed by atoms with van der Waals surface area (Å²) in [5, 5.41) is 17.9. The second-order valence-corrected chi connectivity index (χ2v) is 6.47. The average Bonchev–Trinajstić information content (AvgIpc) is 3.22. The number of aliphatic hydroxyl groups is 1. The molecule has 1 aliphatic rings. The van der Waals surface area contributed by atoms with Crippen LogP contribution in [0.15, 0.2) is 55.2 Å². The summed E-state index contributed by atoms with van der Waals surface area (Å²) in [6.45, 7) is 0.170. The summed E-state index contributed by atoms with van der Waals surface area (Å²) in [5.74, 6) is 0.252. The Morgan fingerprint density at radius 3 is 3.04 bits per heavy atom. The van der Waals surface area contributed by atoms with Crippen LogP contribution in [-0.4, -0.2) is 37.3 Å². The van der Waals surface area contributed by atoms with Gasteiger partial charge in [0.1, 0.15) is 18.3 Å². The fraction of sp³-hybridized carbons (Fsp3) is 0.263. The number of hydrogen-bond acceptors (Lipinski definition) is 5. The molecule has 2 heterocycles. The molecule has 0 bridgehead atoms. The molecule has 1 aromatic carbocycles. The molecule has 1 amide bonds. The van der Waals surface area contributed by atoms with Crippen molar-refractivity contribution in [1.82, 2.24) is 25.1 Å². The highest BCUT2D eigenvalue weighted by Crippen LogP contribution is 2.34. The Bertz CT molecular complexity index is 925. The van der Waals surface area contributed by atoms with Crippen LogP contribution in [-0.2, 0) is 12.0 Å². The monoisotopic (exact) mass is 349 g/mol. The summed E-state index contributed by atoms with van der Waals surface area (Å²) < 4.78 is 1.49. The van der Waals surface area contributed by atoms with E-state index >= 15 is 0 Å². The van der Waals surface area contributed by atoms with Crippen molar-refractivity contribution in [2.75, 3.05) is 6.54 Å². The molecule has 2 aromatic heterocycles. The normalized spacial score (nSPS) is 19.0. The van der Waals surface area contributed by atoms with Gasteiger partial charge in [0.25, 0.3) is 5.91 Å². The van der Waals surface area contributed by atoms with Crippen molar-refractivity contribution in [2.45, 2.75) is 24.9 Å². The van der Waals surface area contributed by atoms with Crippen LogP contribution < -0.4 is 5.32 Å². The molecule has 2 N–H and O–H groups in total. The zero-order chi connectivity index (χ0) is 18.0. The minimum atomic E-state index is -1.04. The Kier molecular flexibility index (Phi) is 4.22. The van der Waals surface area contributed by atoms with E-state index in [1.807, 2.05) is 24.3 Å². The van der Waals surface area contributed by atoms with Gasteiger partial charge in [0, 0.05) is 11.8 Å². The summed E-state index contributed by atoms with van der Waals surface area (Å²) in [7, 11) is 0. The van der Waals surface area contributed by atoms with Crippen LogP contribution in [0.5, 0.6) is 0 Å². The number of aryl methyl sites for hydroxylation is 1. The van der Waals surface area contributed by atoms with Crippen LogP contribution in [0, 0.1) is 0 Å². The van der Waals surface area contributed by atoms with Crippen LogP contribution in [0.3, 0.4) is 0 Å². The van der Waals surface area contributed by atoms with Crippen molar-refractivity contribution in [2.24, 2.45) is 0 Å². The van der Waals surface area contributed by atoms with Crippen molar-refractivity contribution >= 4 is 5.91 Å². The number of rotatable bonds is 4. The van der Waals surface area contributed by atoms with Crippen molar-refractivity contribution in [3.63, 3.8) is 0 Å². The van der Waals surface area contributed by atoms with Gasteiger partial charge in [-0.25, -0.2) is 14.6 Å². The summed E-state index contributed by atoms with van der Waals surface area (Å²) in [6.07, 6.45) is 6.96. The predicted molar refractivity (Wildman–Crippen MR) is 94.8 cm³/mol. The maximum absolute atomic E-state index is 12.6. The number of pyridine rings is 1. The van der Waals surface area contributed by atoms with Gasteiger partial charge in [0.2, 0.25) is 0 Å². The Hall–Kier alpha value is -3.06. The number of nitrogens with one attached hydrogen (secondary N) is 1. The predicted octanol–water partition coefficient (Wildman–Crippen LogP) is 1.62. The first-order chi connectivity index (χ1) is 12.7. The molecule has 1 atom stereocenters. The van der Waals surface area contributed by atoms with E-state index in [0.717, 1.165) is 24.0 Å². The smallest absolute Gasteiger partial charge is 0.251 e. The van der Waals surface area contributed by atoms with E-state index in [9.17, 15) is 9.90 Å². The minimum Gasteiger partial charge on any atom is -0.383 e. The fourth-order valence-corrected chi connectivity index (χ4v) is 3.42. The first kappa shape index (κ1) is 16.4. The second-order valence-electron chi connectivity index (χ2n) is 6.47. The van der Waals surface area contributed by atoms with E-state index in [2.05, 4.69) is 20.4 Å². The van der Waals surface area contributed by atoms with E-state index in [1.54, 1.807) is 18.3 Å². The number of carbonyl (C=O) groups excluding carboxylic acids is 1. The number of nitrogens with zero attached hydrogens (tertiary/aromatic N) is 4. The molecule has 0 aliphatic heterocycles. The third-order valence-corrected chi connectivity index (χ3v) is 4.76. The molecular formula is C19H19N5O2. The van der Waals surface area contributed by atoms with Crippen LogP contribution in [0.2, 0.25) is 0 Å². The lowest BCUT2D eigenvalue weighted by Crippen LogP contribution is -2.43. The fourth-order valence-electron chi connectivity index (χ4n) is 3.42. The first-order valence-electron chi connectivity index (χ1n) is 8.56. The molecule has 26 heavy (non-hydrogen) atoms. The maximum atomic E-state index is 12.6. The van der Waals surface area contributed by atoms with Gasteiger partial charge in [-0.05, 0) is 42.5 Å². The van der Waals surface area contributed by atoms with Crippen molar-refractivity contribution in [3.8, 4) is 5.82 Å². The van der Waals surface area contributed by atoms with Gasteiger partial charge < -0.3 is 10.4 Å².